The molecule has 2 aromatic heterocycles. The third-order valence-corrected chi connectivity index (χ3v) is 5.34. The molecule has 0 N–H and O–H groups in total. The highest BCUT2D eigenvalue weighted by Crippen LogP contribution is 2.23. The van der Waals surface area contributed by atoms with E-state index in [0.717, 1.165) is 22.2 Å². The van der Waals surface area contributed by atoms with E-state index in [1.807, 2.05) is 23.9 Å². The molecule has 0 fully saturated rings. The Hall–Kier alpha value is -1.93. The van der Waals surface area contributed by atoms with E-state index in [4.69, 9.17) is 0 Å². The second kappa shape index (κ2) is 6.67. The molecule has 0 bridgehead atoms. The highest BCUT2D eigenvalue weighted by Gasteiger charge is 2.11. The smallest absolute Gasteiger partial charge is 0.305 e. The van der Waals surface area contributed by atoms with Crippen LogP contribution < -0.4 is 4.87 Å². The molecule has 0 unspecified atom stereocenters. The van der Waals surface area contributed by atoms with E-state index >= 15 is 0 Å². The van der Waals surface area contributed by atoms with E-state index in [-0.39, 0.29) is 10.7 Å². The first-order valence-corrected chi connectivity index (χ1v) is 8.86. The first-order chi connectivity index (χ1) is 11.1. The second-order valence-electron chi connectivity index (χ2n) is 5.02. The summed E-state index contributed by atoms with van der Waals surface area (Å²) in [4.78, 5) is 11.7. The fourth-order valence-corrected chi connectivity index (χ4v) is 3.79. The van der Waals surface area contributed by atoms with Crippen molar-refractivity contribution in [1.82, 2.24) is 19.3 Å². The maximum absolute atomic E-state index is 13.0. The molecule has 1 aromatic carbocycles. The van der Waals surface area contributed by atoms with Gasteiger partial charge in [0.25, 0.3) is 0 Å². The number of nitrogens with zero attached hydrogens (tertiary/aromatic N) is 4. The summed E-state index contributed by atoms with van der Waals surface area (Å²) in [5.41, 5.74) is 1.80. The van der Waals surface area contributed by atoms with Gasteiger partial charge in [-0.3, -0.25) is 4.79 Å². The molecule has 0 radical (unpaired) electrons. The number of hydrogen-bond acceptors (Lipinski definition) is 5. The highest BCUT2D eigenvalue weighted by atomic mass is 32.2. The van der Waals surface area contributed by atoms with Crippen LogP contribution in [0.5, 0.6) is 0 Å². The zero-order chi connectivity index (χ0) is 16.4. The lowest BCUT2D eigenvalue weighted by Gasteiger charge is -2.05. The summed E-state index contributed by atoms with van der Waals surface area (Å²) in [6, 6.07) is 6.18. The zero-order valence-corrected chi connectivity index (χ0v) is 14.3. The molecule has 3 rings (SSSR count). The summed E-state index contributed by atoms with van der Waals surface area (Å²) in [7, 11) is 1.88. The van der Waals surface area contributed by atoms with Crippen LogP contribution in [-0.4, -0.2) is 25.1 Å². The van der Waals surface area contributed by atoms with E-state index < -0.39 is 0 Å². The normalized spacial score (nSPS) is 11.1. The summed E-state index contributed by atoms with van der Waals surface area (Å²) in [5, 5.41) is 11.0. The van der Waals surface area contributed by atoms with E-state index in [9.17, 15) is 9.18 Å². The average Bonchev–Trinajstić information content (AvgIpc) is 3.05. The Morgan fingerprint density at radius 3 is 2.65 bits per heavy atom. The molecule has 0 saturated heterocycles. The van der Waals surface area contributed by atoms with Gasteiger partial charge in [0.2, 0.25) is 0 Å². The largest absolute Gasteiger partial charge is 0.307 e. The van der Waals surface area contributed by atoms with Gasteiger partial charge in [-0.15, -0.1) is 10.2 Å². The van der Waals surface area contributed by atoms with Crippen LogP contribution in [-0.2, 0) is 13.6 Å². The van der Waals surface area contributed by atoms with Gasteiger partial charge in [0.05, 0.1) is 0 Å². The van der Waals surface area contributed by atoms with Crippen molar-refractivity contribution < 1.29 is 4.39 Å². The van der Waals surface area contributed by atoms with Gasteiger partial charge in [0.15, 0.2) is 11.0 Å². The lowest BCUT2D eigenvalue weighted by Crippen LogP contribution is -2.15. The van der Waals surface area contributed by atoms with Crippen molar-refractivity contribution in [2.24, 2.45) is 7.05 Å². The Labute approximate surface area is 140 Å². The van der Waals surface area contributed by atoms with Gasteiger partial charge in [0, 0.05) is 36.0 Å². The molecule has 0 spiro atoms. The standard InChI is InChI=1S/C15H15FN4OS2/c1-10-9-23-15(21)20(10)7-8-22-14-18-17-13(19(14)2)11-3-5-12(16)6-4-11/h3-6,9H,7-8H2,1-2H3. The van der Waals surface area contributed by atoms with Gasteiger partial charge in [-0.05, 0) is 31.2 Å². The Morgan fingerprint density at radius 1 is 1.26 bits per heavy atom. The van der Waals surface area contributed by atoms with Crippen LogP contribution in [0.4, 0.5) is 4.39 Å². The monoisotopic (exact) mass is 350 g/mol. The average molecular weight is 350 g/mol. The fraction of sp³-hybridized carbons (Fsp3) is 0.267. The summed E-state index contributed by atoms with van der Waals surface area (Å²) >= 11 is 2.76. The third-order valence-electron chi connectivity index (χ3n) is 3.46. The van der Waals surface area contributed by atoms with Crippen molar-refractivity contribution in [2.75, 3.05) is 5.75 Å². The number of rotatable bonds is 5. The molecular formula is C15H15FN4OS2. The number of aromatic nitrogens is 4. The molecule has 0 aliphatic heterocycles. The molecule has 0 amide bonds. The molecule has 3 aromatic rings. The number of thiazole rings is 1. The summed E-state index contributed by atoms with van der Waals surface area (Å²) in [6.45, 7) is 2.56. The molecule has 0 saturated carbocycles. The minimum absolute atomic E-state index is 0.0630. The molecular weight excluding hydrogens is 335 g/mol. The SMILES string of the molecule is Cc1csc(=O)n1CCSc1nnc(-c2ccc(F)cc2)n1C. The van der Waals surface area contributed by atoms with E-state index in [0.29, 0.717) is 12.4 Å². The Morgan fingerprint density at radius 2 is 2.00 bits per heavy atom. The van der Waals surface area contributed by atoms with Crippen LogP contribution in [0.15, 0.2) is 39.6 Å². The van der Waals surface area contributed by atoms with Crippen molar-refractivity contribution in [2.45, 2.75) is 18.6 Å². The van der Waals surface area contributed by atoms with Gasteiger partial charge in [-0.2, -0.15) is 0 Å². The summed E-state index contributed by atoms with van der Waals surface area (Å²) in [5.74, 6) is 1.14. The van der Waals surface area contributed by atoms with Crippen LogP contribution in [0.1, 0.15) is 5.69 Å². The van der Waals surface area contributed by atoms with Gasteiger partial charge in [-0.25, -0.2) is 4.39 Å². The van der Waals surface area contributed by atoms with Gasteiger partial charge >= 0.3 is 4.87 Å². The molecule has 120 valence electrons. The highest BCUT2D eigenvalue weighted by molar-refractivity contribution is 7.99. The topological polar surface area (TPSA) is 52.7 Å². The first kappa shape index (κ1) is 15.9. The molecule has 8 heteroatoms. The minimum Gasteiger partial charge on any atom is -0.305 e. The second-order valence-corrected chi connectivity index (χ2v) is 6.90. The number of benzene rings is 1. The lowest BCUT2D eigenvalue weighted by atomic mass is 10.2. The maximum Gasteiger partial charge on any atom is 0.307 e. The first-order valence-electron chi connectivity index (χ1n) is 6.99. The van der Waals surface area contributed by atoms with E-state index in [1.165, 1.54) is 23.5 Å². The predicted octanol–water partition coefficient (Wildman–Crippen LogP) is 2.95. The van der Waals surface area contributed by atoms with Crippen LogP contribution >= 0.6 is 23.1 Å². The van der Waals surface area contributed by atoms with Crippen molar-refractivity contribution in [3.05, 3.63) is 50.8 Å². The number of aryl methyl sites for hydroxylation is 1. The molecule has 2 heterocycles. The van der Waals surface area contributed by atoms with Gasteiger partial charge in [0.1, 0.15) is 5.82 Å². The maximum atomic E-state index is 13.0. The number of halogens is 1. The molecule has 0 aliphatic carbocycles. The van der Waals surface area contributed by atoms with Crippen molar-refractivity contribution >= 4 is 23.1 Å². The quantitative estimate of drug-likeness (QED) is 0.664. The van der Waals surface area contributed by atoms with Crippen LogP contribution in [0.2, 0.25) is 0 Å². The molecule has 5 nitrogen and oxygen atoms in total. The van der Waals surface area contributed by atoms with Gasteiger partial charge in [-0.1, -0.05) is 23.1 Å². The van der Waals surface area contributed by atoms with Crippen molar-refractivity contribution in [3.63, 3.8) is 0 Å². The predicted molar refractivity (Wildman–Crippen MR) is 90.4 cm³/mol. The molecule has 0 atom stereocenters. The van der Waals surface area contributed by atoms with Crippen molar-refractivity contribution in [3.8, 4) is 11.4 Å². The Bertz CT molecular complexity index is 866. The van der Waals surface area contributed by atoms with E-state index in [2.05, 4.69) is 10.2 Å². The molecule has 23 heavy (non-hydrogen) atoms. The Kier molecular flexibility index (Phi) is 4.63. The summed E-state index contributed by atoms with van der Waals surface area (Å²) in [6.07, 6.45) is 0. The third kappa shape index (κ3) is 3.37. The molecule has 0 aliphatic rings. The Balaban J connectivity index is 1.70. The summed E-state index contributed by atoms with van der Waals surface area (Å²) < 4.78 is 16.6. The number of hydrogen-bond donors (Lipinski definition) is 0. The fourth-order valence-electron chi connectivity index (χ4n) is 2.19. The van der Waals surface area contributed by atoms with Crippen molar-refractivity contribution in [1.29, 1.82) is 0 Å². The van der Waals surface area contributed by atoms with Crippen LogP contribution in [0.3, 0.4) is 0 Å². The van der Waals surface area contributed by atoms with Crippen LogP contribution in [0.25, 0.3) is 11.4 Å². The lowest BCUT2D eigenvalue weighted by molar-refractivity contribution is 0.628. The van der Waals surface area contributed by atoms with Gasteiger partial charge < -0.3 is 9.13 Å². The number of thioether (sulfide) groups is 1. The van der Waals surface area contributed by atoms with E-state index in [1.54, 1.807) is 28.5 Å². The zero-order valence-electron chi connectivity index (χ0n) is 12.7. The minimum atomic E-state index is -0.276. The van der Waals surface area contributed by atoms with Crippen LogP contribution in [0, 0.1) is 12.7 Å².